The standard InChI is InChI=1S/C18H25BrN4O2S.HI/c1-2-20-18(21-12-15(24)16-4-3-11-25-16)23-9-7-22(8-10-23)13-14-5-6-17(19)26-14;/h3-6,11,15,24H,2,7-10,12-13H2,1H3,(H,20,21);1H. The van der Waals surface area contributed by atoms with Gasteiger partial charge in [-0.1, -0.05) is 0 Å². The van der Waals surface area contributed by atoms with Crippen molar-refractivity contribution >= 4 is 57.2 Å². The Kier molecular flexibility index (Phi) is 9.57. The zero-order chi connectivity index (χ0) is 18.4. The molecular formula is C18H26BrIN4O2S. The number of nitrogens with zero attached hydrogens (tertiary/aromatic N) is 3. The second-order valence-electron chi connectivity index (χ2n) is 6.19. The van der Waals surface area contributed by atoms with Crippen LogP contribution in [0.2, 0.25) is 0 Å². The van der Waals surface area contributed by atoms with Crippen molar-refractivity contribution in [2.24, 2.45) is 4.99 Å². The van der Waals surface area contributed by atoms with E-state index in [0.29, 0.717) is 12.3 Å². The molecule has 0 aromatic carbocycles. The number of guanidine groups is 1. The number of nitrogens with one attached hydrogen (secondary N) is 1. The summed E-state index contributed by atoms with van der Waals surface area (Å²) < 4.78 is 6.43. The summed E-state index contributed by atoms with van der Waals surface area (Å²) in [5, 5.41) is 13.5. The van der Waals surface area contributed by atoms with Gasteiger partial charge in [0.2, 0.25) is 0 Å². The molecule has 1 aliphatic heterocycles. The van der Waals surface area contributed by atoms with E-state index < -0.39 is 6.10 Å². The number of hydrogen-bond donors (Lipinski definition) is 2. The summed E-state index contributed by atoms with van der Waals surface area (Å²) in [6, 6.07) is 7.84. The molecule has 2 N–H and O–H groups in total. The van der Waals surface area contributed by atoms with Crippen molar-refractivity contribution in [3.63, 3.8) is 0 Å². The average molecular weight is 569 g/mol. The van der Waals surface area contributed by atoms with Crippen LogP contribution in [-0.4, -0.2) is 60.1 Å². The smallest absolute Gasteiger partial charge is 0.194 e. The van der Waals surface area contributed by atoms with Gasteiger partial charge < -0.3 is 19.7 Å². The summed E-state index contributed by atoms with van der Waals surface area (Å²) in [5.74, 6) is 1.41. The molecule has 27 heavy (non-hydrogen) atoms. The second-order valence-corrected chi connectivity index (χ2v) is 8.74. The number of rotatable bonds is 6. The van der Waals surface area contributed by atoms with E-state index in [9.17, 15) is 5.11 Å². The quantitative estimate of drug-likeness (QED) is 0.317. The highest BCUT2D eigenvalue weighted by Crippen LogP contribution is 2.23. The van der Waals surface area contributed by atoms with E-state index in [1.165, 1.54) is 8.66 Å². The minimum Gasteiger partial charge on any atom is -0.467 e. The van der Waals surface area contributed by atoms with E-state index in [4.69, 9.17) is 4.42 Å². The molecule has 2 aromatic heterocycles. The van der Waals surface area contributed by atoms with Crippen molar-refractivity contribution in [3.8, 4) is 0 Å². The number of aliphatic hydroxyl groups excluding tert-OH is 1. The highest BCUT2D eigenvalue weighted by Gasteiger charge is 2.20. The monoisotopic (exact) mass is 568 g/mol. The molecule has 0 saturated carbocycles. The minimum atomic E-state index is -0.711. The largest absolute Gasteiger partial charge is 0.467 e. The Morgan fingerprint density at radius 2 is 2.11 bits per heavy atom. The number of aliphatic hydroxyl groups is 1. The van der Waals surface area contributed by atoms with Gasteiger partial charge in [0.05, 0.1) is 16.6 Å². The normalized spacial score (nSPS) is 16.9. The van der Waals surface area contributed by atoms with Gasteiger partial charge in [0.1, 0.15) is 11.9 Å². The first-order valence-corrected chi connectivity index (χ1v) is 10.5. The number of thiophene rings is 1. The zero-order valence-corrected chi connectivity index (χ0v) is 20.0. The first-order valence-electron chi connectivity index (χ1n) is 8.87. The Bertz CT molecular complexity index is 702. The summed E-state index contributed by atoms with van der Waals surface area (Å²) in [5.41, 5.74) is 0. The van der Waals surface area contributed by atoms with E-state index in [-0.39, 0.29) is 24.0 Å². The van der Waals surface area contributed by atoms with Gasteiger partial charge >= 0.3 is 0 Å². The van der Waals surface area contributed by atoms with Crippen LogP contribution in [0.5, 0.6) is 0 Å². The van der Waals surface area contributed by atoms with Gasteiger partial charge in [-0.3, -0.25) is 4.90 Å². The number of aliphatic imine (C=N–C) groups is 1. The first kappa shape index (κ1) is 22.7. The van der Waals surface area contributed by atoms with E-state index in [1.807, 2.05) is 0 Å². The molecule has 2 aromatic rings. The molecule has 150 valence electrons. The maximum absolute atomic E-state index is 10.2. The number of piperazine rings is 1. The van der Waals surface area contributed by atoms with E-state index in [2.05, 4.69) is 55.1 Å². The molecule has 1 fully saturated rings. The molecule has 1 aliphatic rings. The van der Waals surface area contributed by atoms with Gasteiger partial charge in [-0.25, -0.2) is 4.99 Å². The fourth-order valence-corrected chi connectivity index (χ4v) is 4.47. The SMILES string of the molecule is CCNC(=NCC(O)c1ccco1)N1CCN(Cc2ccc(Br)s2)CC1.I. The molecule has 0 spiro atoms. The zero-order valence-electron chi connectivity index (χ0n) is 15.3. The van der Waals surface area contributed by atoms with Crippen LogP contribution >= 0.6 is 51.2 Å². The van der Waals surface area contributed by atoms with Crippen LogP contribution in [0, 0.1) is 0 Å². The molecule has 6 nitrogen and oxygen atoms in total. The Morgan fingerprint density at radius 1 is 1.33 bits per heavy atom. The third-order valence-corrected chi connectivity index (χ3v) is 5.91. The van der Waals surface area contributed by atoms with Crippen molar-refractivity contribution < 1.29 is 9.52 Å². The number of halogens is 2. The highest BCUT2D eigenvalue weighted by molar-refractivity contribution is 14.0. The molecule has 1 unspecified atom stereocenters. The molecule has 0 radical (unpaired) electrons. The van der Waals surface area contributed by atoms with E-state index >= 15 is 0 Å². The predicted molar refractivity (Wildman–Crippen MR) is 124 cm³/mol. The fourth-order valence-electron chi connectivity index (χ4n) is 2.94. The van der Waals surface area contributed by atoms with Crippen molar-refractivity contribution in [3.05, 3.63) is 45.0 Å². The molecule has 0 amide bonds. The van der Waals surface area contributed by atoms with Crippen LogP contribution in [-0.2, 0) is 6.54 Å². The summed E-state index contributed by atoms with van der Waals surface area (Å²) in [6.07, 6.45) is 0.857. The van der Waals surface area contributed by atoms with Gasteiger partial charge in [-0.15, -0.1) is 35.3 Å². The lowest BCUT2D eigenvalue weighted by molar-refractivity contribution is 0.155. The van der Waals surface area contributed by atoms with Gasteiger partial charge in [-0.2, -0.15) is 0 Å². The summed E-state index contributed by atoms with van der Waals surface area (Å²) in [6.45, 7) is 8.00. The molecule has 1 saturated heterocycles. The lowest BCUT2D eigenvalue weighted by Gasteiger charge is -2.36. The Labute approximate surface area is 189 Å². The Balaban J connectivity index is 0.00000261. The molecule has 0 aliphatic carbocycles. The van der Waals surface area contributed by atoms with Crippen molar-refractivity contribution in [2.45, 2.75) is 19.6 Å². The van der Waals surface area contributed by atoms with Crippen LogP contribution in [0.4, 0.5) is 0 Å². The number of hydrogen-bond acceptors (Lipinski definition) is 5. The first-order chi connectivity index (χ1) is 12.7. The summed E-state index contributed by atoms with van der Waals surface area (Å²) in [7, 11) is 0. The summed E-state index contributed by atoms with van der Waals surface area (Å²) in [4.78, 5) is 10.7. The fraction of sp³-hybridized carbons (Fsp3) is 0.500. The van der Waals surface area contributed by atoms with E-state index in [1.54, 1.807) is 29.7 Å². The maximum atomic E-state index is 10.2. The van der Waals surface area contributed by atoms with Crippen LogP contribution in [0.15, 0.2) is 43.7 Å². The van der Waals surface area contributed by atoms with E-state index in [0.717, 1.165) is 45.2 Å². The van der Waals surface area contributed by atoms with Crippen molar-refractivity contribution in [2.75, 3.05) is 39.3 Å². The van der Waals surface area contributed by atoms with Gasteiger partial charge in [0.25, 0.3) is 0 Å². The molecule has 3 heterocycles. The van der Waals surface area contributed by atoms with Gasteiger partial charge in [0.15, 0.2) is 5.96 Å². The van der Waals surface area contributed by atoms with Crippen molar-refractivity contribution in [1.29, 1.82) is 0 Å². The molecule has 3 rings (SSSR count). The number of furan rings is 1. The topological polar surface area (TPSA) is 64.2 Å². The lowest BCUT2D eigenvalue weighted by Crippen LogP contribution is -2.52. The minimum absolute atomic E-state index is 0. The van der Waals surface area contributed by atoms with Gasteiger partial charge in [-0.05, 0) is 47.1 Å². The van der Waals surface area contributed by atoms with Crippen molar-refractivity contribution in [1.82, 2.24) is 15.1 Å². The van der Waals surface area contributed by atoms with Crippen LogP contribution in [0.3, 0.4) is 0 Å². The average Bonchev–Trinajstić information content (AvgIpc) is 3.31. The maximum Gasteiger partial charge on any atom is 0.194 e. The molecule has 0 bridgehead atoms. The Hall–Kier alpha value is -0.620. The second kappa shape index (κ2) is 11.4. The third kappa shape index (κ3) is 6.74. The molecule has 9 heteroatoms. The highest BCUT2D eigenvalue weighted by atomic mass is 127. The lowest BCUT2D eigenvalue weighted by atomic mass is 10.3. The third-order valence-electron chi connectivity index (χ3n) is 4.30. The van der Waals surface area contributed by atoms with Crippen LogP contribution in [0.25, 0.3) is 0 Å². The van der Waals surface area contributed by atoms with Crippen LogP contribution in [0.1, 0.15) is 23.7 Å². The molecule has 1 atom stereocenters. The molecular weight excluding hydrogens is 543 g/mol. The van der Waals surface area contributed by atoms with Gasteiger partial charge in [0, 0.05) is 44.1 Å². The summed E-state index contributed by atoms with van der Waals surface area (Å²) >= 11 is 5.32. The predicted octanol–water partition coefficient (Wildman–Crippen LogP) is 3.54. The Morgan fingerprint density at radius 3 is 2.70 bits per heavy atom. The van der Waals surface area contributed by atoms with Crippen LogP contribution < -0.4 is 5.32 Å².